The van der Waals surface area contributed by atoms with Crippen LogP contribution in [0.5, 0.6) is 11.5 Å². The summed E-state index contributed by atoms with van der Waals surface area (Å²) in [7, 11) is 0. The van der Waals surface area contributed by atoms with Crippen molar-refractivity contribution in [2.24, 2.45) is 11.7 Å². The Morgan fingerprint density at radius 3 is 2.80 bits per heavy atom. The van der Waals surface area contributed by atoms with Gasteiger partial charge in [-0.25, -0.2) is 0 Å². The quantitative estimate of drug-likeness (QED) is 0.828. The Bertz CT molecular complexity index is 461. The maximum atomic E-state index is 11.8. The molecule has 0 radical (unpaired) electrons. The Labute approximate surface area is 119 Å². The fraction of sp³-hybridized carbons (Fsp3) is 0.533. The van der Waals surface area contributed by atoms with E-state index in [1.165, 1.54) is 0 Å². The summed E-state index contributed by atoms with van der Waals surface area (Å²) in [5.74, 6) is 0.924. The highest BCUT2D eigenvalue weighted by Crippen LogP contribution is 2.31. The maximum absolute atomic E-state index is 11.8. The average molecular weight is 279 g/mol. The monoisotopic (exact) mass is 279 g/mol. The summed E-state index contributed by atoms with van der Waals surface area (Å²) in [5, 5.41) is 0. The van der Waals surface area contributed by atoms with Gasteiger partial charge < -0.3 is 19.9 Å². The second kappa shape index (κ2) is 7.14. The lowest BCUT2D eigenvalue weighted by Gasteiger charge is -2.15. The minimum atomic E-state index is -0.320. The summed E-state index contributed by atoms with van der Waals surface area (Å²) in [6, 6.07) is 5.74. The fourth-order valence-electron chi connectivity index (χ4n) is 2.14. The molecular formula is C15H21NO4. The molecule has 1 atom stereocenters. The van der Waals surface area contributed by atoms with Crippen molar-refractivity contribution >= 4 is 5.97 Å². The third-order valence-electron chi connectivity index (χ3n) is 3.20. The SMILES string of the molecule is CCOC(=O)C(CN)Cc1ccc2c(c1)OCCCO2. The van der Waals surface area contributed by atoms with E-state index >= 15 is 0 Å². The van der Waals surface area contributed by atoms with Gasteiger partial charge >= 0.3 is 5.97 Å². The van der Waals surface area contributed by atoms with E-state index < -0.39 is 0 Å². The van der Waals surface area contributed by atoms with Crippen molar-refractivity contribution in [3.8, 4) is 11.5 Å². The van der Waals surface area contributed by atoms with Crippen LogP contribution in [0.25, 0.3) is 0 Å². The summed E-state index contributed by atoms with van der Waals surface area (Å²) in [6.45, 7) is 3.75. The summed E-state index contributed by atoms with van der Waals surface area (Å²) in [4.78, 5) is 11.8. The van der Waals surface area contributed by atoms with E-state index in [0.717, 1.165) is 23.5 Å². The molecule has 1 aliphatic heterocycles. The lowest BCUT2D eigenvalue weighted by Crippen LogP contribution is -2.27. The van der Waals surface area contributed by atoms with Gasteiger partial charge in [-0.3, -0.25) is 4.79 Å². The summed E-state index contributed by atoms with van der Waals surface area (Å²) >= 11 is 0. The normalized spacial score (nSPS) is 15.3. The van der Waals surface area contributed by atoms with Crippen LogP contribution >= 0.6 is 0 Å². The molecular weight excluding hydrogens is 258 g/mol. The number of ether oxygens (including phenoxy) is 3. The van der Waals surface area contributed by atoms with E-state index in [1.807, 2.05) is 18.2 Å². The van der Waals surface area contributed by atoms with Crippen LogP contribution in [0.15, 0.2) is 18.2 Å². The van der Waals surface area contributed by atoms with Gasteiger partial charge in [0, 0.05) is 13.0 Å². The van der Waals surface area contributed by atoms with Crippen LogP contribution < -0.4 is 15.2 Å². The Morgan fingerprint density at radius 1 is 1.35 bits per heavy atom. The number of hydrogen-bond acceptors (Lipinski definition) is 5. The Hall–Kier alpha value is -1.75. The fourth-order valence-corrected chi connectivity index (χ4v) is 2.14. The first-order valence-electron chi connectivity index (χ1n) is 6.99. The van der Waals surface area contributed by atoms with Gasteiger partial charge in [-0.2, -0.15) is 0 Å². The standard InChI is InChI=1S/C15H21NO4/c1-2-18-15(17)12(10-16)8-11-4-5-13-14(9-11)20-7-3-6-19-13/h4-5,9,12H,2-3,6-8,10,16H2,1H3. The van der Waals surface area contributed by atoms with Crippen molar-refractivity contribution < 1.29 is 19.0 Å². The molecule has 0 spiro atoms. The molecule has 0 saturated heterocycles. The maximum Gasteiger partial charge on any atom is 0.310 e. The summed E-state index contributed by atoms with van der Waals surface area (Å²) in [6.07, 6.45) is 1.42. The first-order valence-corrected chi connectivity index (χ1v) is 6.99. The van der Waals surface area contributed by atoms with Crippen LogP contribution in [0.2, 0.25) is 0 Å². The van der Waals surface area contributed by atoms with E-state index in [-0.39, 0.29) is 18.4 Å². The second-order valence-electron chi connectivity index (χ2n) is 4.72. The third kappa shape index (κ3) is 3.63. The van der Waals surface area contributed by atoms with Gasteiger partial charge in [0.05, 0.1) is 25.7 Å². The molecule has 1 aromatic rings. The van der Waals surface area contributed by atoms with Gasteiger partial charge in [-0.05, 0) is 31.0 Å². The largest absolute Gasteiger partial charge is 0.490 e. The van der Waals surface area contributed by atoms with Crippen molar-refractivity contribution in [3.05, 3.63) is 23.8 Å². The number of benzene rings is 1. The molecule has 2 N–H and O–H groups in total. The van der Waals surface area contributed by atoms with Crippen LogP contribution in [-0.4, -0.2) is 32.3 Å². The van der Waals surface area contributed by atoms with E-state index in [1.54, 1.807) is 6.92 Å². The van der Waals surface area contributed by atoms with Gasteiger partial charge in [0.25, 0.3) is 0 Å². The highest BCUT2D eigenvalue weighted by molar-refractivity contribution is 5.73. The number of esters is 1. The highest BCUT2D eigenvalue weighted by Gasteiger charge is 2.20. The van der Waals surface area contributed by atoms with Crippen molar-refractivity contribution in [2.75, 3.05) is 26.4 Å². The molecule has 0 aromatic heterocycles. The molecule has 1 unspecified atom stereocenters. The van der Waals surface area contributed by atoms with Crippen LogP contribution in [0, 0.1) is 5.92 Å². The first-order chi connectivity index (χ1) is 9.74. The Kier molecular flexibility index (Phi) is 5.24. The molecule has 1 aliphatic rings. The van der Waals surface area contributed by atoms with Crippen LogP contribution in [0.4, 0.5) is 0 Å². The molecule has 0 fully saturated rings. The van der Waals surface area contributed by atoms with Crippen molar-refractivity contribution in [1.82, 2.24) is 0 Å². The van der Waals surface area contributed by atoms with Gasteiger partial charge in [-0.15, -0.1) is 0 Å². The van der Waals surface area contributed by atoms with Gasteiger partial charge in [0.1, 0.15) is 0 Å². The average Bonchev–Trinajstić information content (AvgIpc) is 2.69. The second-order valence-corrected chi connectivity index (χ2v) is 4.72. The lowest BCUT2D eigenvalue weighted by atomic mass is 9.99. The zero-order valence-electron chi connectivity index (χ0n) is 11.8. The predicted molar refractivity (Wildman–Crippen MR) is 74.9 cm³/mol. The van der Waals surface area contributed by atoms with Gasteiger partial charge in [0.2, 0.25) is 0 Å². The van der Waals surface area contributed by atoms with E-state index in [4.69, 9.17) is 19.9 Å². The van der Waals surface area contributed by atoms with E-state index in [0.29, 0.717) is 26.2 Å². The van der Waals surface area contributed by atoms with Crippen molar-refractivity contribution in [1.29, 1.82) is 0 Å². The molecule has 0 amide bonds. The molecule has 1 heterocycles. The van der Waals surface area contributed by atoms with Crippen molar-refractivity contribution in [3.63, 3.8) is 0 Å². The van der Waals surface area contributed by atoms with E-state index in [9.17, 15) is 4.79 Å². The molecule has 5 nitrogen and oxygen atoms in total. The van der Waals surface area contributed by atoms with Crippen molar-refractivity contribution in [2.45, 2.75) is 19.8 Å². The Morgan fingerprint density at radius 2 is 2.10 bits per heavy atom. The number of fused-ring (bicyclic) bond motifs is 1. The molecule has 0 aliphatic carbocycles. The Balaban J connectivity index is 2.08. The number of nitrogens with two attached hydrogens (primary N) is 1. The zero-order chi connectivity index (χ0) is 14.4. The lowest BCUT2D eigenvalue weighted by molar-refractivity contribution is -0.147. The van der Waals surface area contributed by atoms with Gasteiger partial charge in [0.15, 0.2) is 11.5 Å². The molecule has 110 valence electrons. The first kappa shape index (κ1) is 14.7. The molecule has 20 heavy (non-hydrogen) atoms. The minimum absolute atomic E-state index is 0.248. The number of carbonyl (C=O) groups is 1. The van der Waals surface area contributed by atoms with Crippen LogP contribution in [0.3, 0.4) is 0 Å². The molecule has 5 heteroatoms. The summed E-state index contributed by atoms with van der Waals surface area (Å²) < 4.78 is 16.2. The highest BCUT2D eigenvalue weighted by atomic mass is 16.5. The number of carbonyl (C=O) groups excluding carboxylic acids is 1. The smallest absolute Gasteiger partial charge is 0.310 e. The predicted octanol–water partition coefficient (Wildman–Crippen LogP) is 1.53. The molecule has 1 aromatic carbocycles. The molecule has 0 bridgehead atoms. The molecule has 0 saturated carbocycles. The minimum Gasteiger partial charge on any atom is -0.490 e. The van der Waals surface area contributed by atoms with E-state index in [2.05, 4.69) is 0 Å². The molecule has 2 rings (SSSR count). The van der Waals surface area contributed by atoms with Crippen LogP contribution in [-0.2, 0) is 16.0 Å². The summed E-state index contributed by atoms with van der Waals surface area (Å²) in [5.41, 5.74) is 6.66. The number of rotatable bonds is 5. The van der Waals surface area contributed by atoms with Gasteiger partial charge in [-0.1, -0.05) is 6.07 Å². The zero-order valence-corrected chi connectivity index (χ0v) is 11.8. The third-order valence-corrected chi connectivity index (χ3v) is 3.20. The topological polar surface area (TPSA) is 70.8 Å². The van der Waals surface area contributed by atoms with Crippen LogP contribution in [0.1, 0.15) is 18.9 Å². The number of hydrogen-bond donors (Lipinski definition) is 1.